The lowest BCUT2D eigenvalue weighted by Crippen LogP contribution is -2.05. The second-order valence-electron chi connectivity index (χ2n) is 4.01. The minimum absolute atomic E-state index is 0.0881. The Balaban J connectivity index is 2.56. The van der Waals surface area contributed by atoms with Gasteiger partial charge in [0.05, 0.1) is 5.56 Å². The summed E-state index contributed by atoms with van der Waals surface area (Å²) in [6.07, 6.45) is -4.42. The van der Waals surface area contributed by atoms with Gasteiger partial charge in [0.2, 0.25) is 0 Å². The van der Waals surface area contributed by atoms with Crippen molar-refractivity contribution in [2.24, 2.45) is 0 Å². The topological polar surface area (TPSA) is 0 Å². The first-order valence-electron chi connectivity index (χ1n) is 5.44. The van der Waals surface area contributed by atoms with Crippen molar-refractivity contribution in [1.29, 1.82) is 0 Å². The molecule has 5 heteroatoms. The molecule has 0 aliphatic rings. The van der Waals surface area contributed by atoms with E-state index in [2.05, 4.69) is 0 Å². The summed E-state index contributed by atoms with van der Waals surface area (Å²) >= 11 is 5.72. The van der Waals surface area contributed by atoms with Gasteiger partial charge in [0, 0.05) is 5.88 Å². The molecule has 0 N–H and O–H groups in total. The van der Waals surface area contributed by atoms with Gasteiger partial charge in [-0.3, -0.25) is 0 Å². The molecule has 0 amide bonds. The molecule has 0 saturated heterocycles. The Morgan fingerprint density at radius 1 is 0.947 bits per heavy atom. The molecule has 0 radical (unpaired) electrons. The van der Waals surface area contributed by atoms with Crippen LogP contribution in [0.4, 0.5) is 17.6 Å². The van der Waals surface area contributed by atoms with Crippen LogP contribution in [0.3, 0.4) is 0 Å². The Bertz CT molecular complexity index is 573. The fraction of sp³-hybridized carbons (Fsp3) is 0.143. The van der Waals surface area contributed by atoms with E-state index in [4.69, 9.17) is 11.6 Å². The molecule has 0 aliphatic heterocycles. The normalized spacial score (nSPS) is 11.6. The second-order valence-corrected chi connectivity index (χ2v) is 4.28. The predicted octanol–water partition coefficient (Wildman–Crippen LogP) is 5.25. The number of hydrogen-bond acceptors (Lipinski definition) is 0. The number of rotatable bonds is 2. The standard InChI is InChI=1S/C14H9ClF4/c15-8-10-1-4-11(14(17,18)19)7-13(10)9-2-5-12(16)6-3-9/h1-7H,8H2. The summed E-state index contributed by atoms with van der Waals surface area (Å²) in [6, 6.07) is 8.63. The Morgan fingerprint density at radius 3 is 2.11 bits per heavy atom. The molecule has 0 saturated carbocycles. The molecular weight excluding hydrogens is 280 g/mol. The Labute approximate surface area is 112 Å². The van der Waals surface area contributed by atoms with Crippen molar-refractivity contribution >= 4 is 11.6 Å². The molecule has 0 aliphatic carbocycles. The van der Waals surface area contributed by atoms with Crippen molar-refractivity contribution < 1.29 is 17.6 Å². The van der Waals surface area contributed by atoms with Crippen LogP contribution in [0.15, 0.2) is 42.5 Å². The van der Waals surface area contributed by atoms with Crippen molar-refractivity contribution in [2.75, 3.05) is 0 Å². The van der Waals surface area contributed by atoms with Gasteiger partial charge in [0.15, 0.2) is 0 Å². The van der Waals surface area contributed by atoms with E-state index in [0.29, 0.717) is 16.7 Å². The van der Waals surface area contributed by atoms with E-state index in [1.54, 1.807) is 0 Å². The third-order valence-electron chi connectivity index (χ3n) is 2.74. The molecule has 0 nitrogen and oxygen atoms in total. The highest BCUT2D eigenvalue weighted by atomic mass is 35.5. The average Bonchev–Trinajstić information content (AvgIpc) is 2.38. The van der Waals surface area contributed by atoms with Crippen LogP contribution < -0.4 is 0 Å². The maximum absolute atomic E-state index is 12.8. The minimum atomic E-state index is -4.42. The molecule has 19 heavy (non-hydrogen) atoms. The van der Waals surface area contributed by atoms with Gasteiger partial charge in [-0.2, -0.15) is 13.2 Å². The van der Waals surface area contributed by atoms with Crippen LogP contribution >= 0.6 is 11.6 Å². The number of benzene rings is 2. The van der Waals surface area contributed by atoms with Crippen LogP contribution in [-0.2, 0) is 12.1 Å². The maximum atomic E-state index is 12.8. The third-order valence-corrected chi connectivity index (χ3v) is 3.02. The van der Waals surface area contributed by atoms with E-state index in [0.717, 1.165) is 12.1 Å². The zero-order valence-electron chi connectivity index (χ0n) is 9.64. The Hall–Kier alpha value is -1.55. The summed E-state index contributed by atoms with van der Waals surface area (Å²) in [7, 11) is 0. The van der Waals surface area contributed by atoms with Gasteiger partial charge in [-0.05, 0) is 41.0 Å². The summed E-state index contributed by atoms with van der Waals surface area (Å²) in [5.41, 5.74) is 0.690. The van der Waals surface area contributed by atoms with Crippen LogP contribution in [-0.4, -0.2) is 0 Å². The molecular formula is C14H9ClF4. The lowest BCUT2D eigenvalue weighted by molar-refractivity contribution is -0.137. The van der Waals surface area contributed by atoms with Gasteiger partial charge < -0.3 is 0 Å². The largest absolute Gasteiger partial charge is 0.416 e. The van der Waals surface area contributed by atoms with Crippen LogP contribution in [0.5, 0.6) is 0 Å². The number of hydrogen-bond donors (Lipinski definition) is 0. The van der Waals surface area contributed by atoms with Crippen LogP contribution in [0, 0.1) is 5.82 Å². The monoisotopic (exact) mass is 288 g/mol. The van der Waals surface area contributed by atoms with E-state index in [9.17, 15) is 17.6 Å². The zero-order chi connectivity index (χ0) is 14.0. The van der Waals surface area contributed by atoms with Gasteiger partial charge in [-0.25, -0.2) is 4.39 Å². The summed E-state index contributed by atoms with van der Waals surface area (Å²) < 4.78 is 50.9. The first kappa shape index (κ1) is 13.9. The molecule has 0 bridgehead atoms. The number of halogens is 5. The summed E-state index contributed by atoms with van der Waals surface area (Å²) in [5.74, 6) is -0.353. The van der Waals surface area contributed by atoms with Gasteiger partial charge >= 0.3 is 6.18 Å². The molecule has 0 heterocycles. The smallest absolute Gasteiger partial charge is 0.207 e. The van der Waals surface area contributed by atoms with Crippen molar-refractivity contribution in [3.05, 3.63) is 59.4 Å². The molecule has 0 aromatic heterocycles. The molecule has 2 rings (SSSR count). The molecule has 0 spiro atoms. The zero-order valence-corrected chi connectivity index (χ0v) is 10.4. The molecule has 0 unspecified atom stereocenters. The van der Waals surface area contributed by atoms with Crippen LogP contribution in [0.2, 0.25) is 0 Å². The molecule has 2 aromatic rings. The maximum Gasteiger partial charge on any atom is 0.416 e. The van der Waals surface area contributed by atoms with Crippen LogP contribution in [0.25, 0.3) is 11.1 Å². The Kier molecular flexibility index (Phi) is 3.80. The highest BCUT2D eigenvalue weighted by Crippen LogP contribution is 2.34. The quantitative estimate of drug-likeness (QED) is 0.523. The summed E-state index contributed by atoms with van der Waals surface area (Å²) in [5, 5.41) is 0. The van der Waals surface area contributed by atoms with Gasteiger partial charge in [-0.15, -0.1) is 11.6 Å². The molecule has 2 aromatic carbocycles. The summed E-state index contributed by atoms with van der Waals surface area (Å²) in [6.45, 7) is 0. The summed E-state index contributed by atoms with van der Waals surface area (Å²) in [4.78, 5) is 0. The first-order chi connectivity index (χ1) is 8.91. The highest BCUT2D eigenvalue weighted by molar-refractivity contribution is 6.17. The SMILES string of the molecule is Fc1ccc(-c2cc(C(F)(F)F)ccc2CCl)cc1. The lowest BCUT2D eigenvalue weighted by atomic mass is 9.98. The second kappa shape index (κ2) is 5.21. The molecule has 0 atom stereocenters. The lowest BCUT2D eigenvalue weighted by Gasteiger charge is -2.12. The van der Waals surface area contributed by atoms with Gasteiger partial charge in [0.1, 0.15) is 5.82 Å². The molecule has 100 valence electrons. The average molecular weight is 289 g/mol. The minimum Gasteiger partial charge on any atom is -0.207 e. The van der Waals surface area contributed by atoms with Crippen molar-refractivity contribution in [2.45, 2.75) is 12.1 Å². The fourth-order valence-electron chi connectivity index (χ4n) is 1.77. The number of alkyl halides is 4. The van der Waals surface area contributed by atoms with Crippen molar-refractivity contribution in [3.8, 4) is 11.1 Å². The van der Waals surface area contributed by atoms with Crippen LogP contribution in [0.1, 0.15) is 11.1 Å². The van der Waals surface area contributed by atoms with E-state index in [-0.39, 0.29) is 5.88 Å². The van der Waals surface area contributed by atoms with Gasteiger partial charge in [0.25, 0.3) is 0 Å². The van der Waals surface area contributed by atoms with Crippen molar-refractivity contribution in [3.63, 3.8) is 0 Å². The third kappa shape index (κ3) is 3.07. The van der Waals surface area contributed by atoms with E-state index in [1.807, 2.05) is 0 Å². The van der Waals surface area contributed by atoms with E-state index >= 15 is 0 Å². The van der Waals surface area contributed by atoms with E-state index < -0.39 is 17.6 Å². The Morgan fingerprint density at radius 2 is 1.58 bits per heavy atom. The predicted molar refractivity (Wildman–Crippen MR) is 66.4 cm³/mol. The first-order valence-corrected chi connectivity index (χ1v) is 5.97. The highest BCUT2D eigenvalue weighted by Gasteiger charge is 2.31. The molecule has 0 fully saturated rings. The van der Waals surface area contributed by atoms with Crippen molar-refractivity contribution in [1.82, 2.24) is 0 Å². The van der Waals surface area contributed by atoms with Gasteiger partial charge in [-0.1, -0.05) is 18.2 Å². The fourth-order valence-corrected chi connectivity index (χ4v) is 2.00. The van der Waals surface area contributed by atoms with E-state index in [1.165, 1.54) is 30.3 Å².